The van der Waals surface area contributed by atoms with E-state index < -0.39 is 5.97 Å². The summed E-state index contributed by atoms with van der Waals surface area (Å²) in [6.45, 7) is 2.85. The van der Waals surface area contributed by atoms with Crippen LogP contribution < -0.4 is 0 Å². The second kappa shape index (κ2) is 3.44. The first kappa shape index (κ1) is 9.24. The van der Waals surface area contributed by atoms with Gasteiger partial charge in [-0.05, 0) is 26.2 Å². The summed E-state index contributed by atoms with van der Waals surface area (Å²) in [7, 11) is 0. The summed E-state index contributed by atoms with van der Waals surface area (Å²) in [5, 5.41) is 13.2. The first-order chi connectivity index (χ1) is 6.74. The van der Waals surface area contributed by atoms with Gasteiger partial charge in [0.1, 0.15) is 0 Å². The Balaban J connectivity index is 2.40. The number of hydrogen-bond donors (Lipinski definition) is 1. The molecule has 1 aromatic heterocycles. The largest absolute Gasteiger partial charge is 0.481 e. The molecule has 0 saturated carbocycles. The van der Waals surface area contributed by atoms with Gasteiger partial charge in [-0.25, -0.2) is 0 Å². The van der Waals surface area contributed by atoms with Crippen molar-refractivity contribution < 1.29 is 9.90 Å². The second-order valence-corrected chi connectivity index (χ2v) is 3.65. The maximum absolute atomic E-state index is 11.0. The number of carboxylic acid groups (broad SMARTS) is 1. The van der Waals surface area contributed by atoms with Gasteiger partial charge in [0.05, 0.1) is 12.1 Å². The highest BCUT2D eigenvalue weighted by Gasteiger charge is 2.28. The molecule has 1 aliphatic carbocycles. The van der Waals surface area contributed by atoms with Crippen molar-refractivity contribution >= 4 is 5.97 Å². The van der Waals surface area contributed by atoms with Crippen LogP contribution in [0.2, 0.25) is 0 Å². The molecule has 2 rings (SSSR count). The average molecular weight is 194 g/mol. The molecule has 0 bridgehead atoms. The minimum atomic E-state index is -0.721. The Kier molecular flexibility index (Phi) is 2.27. The number of carbonyl (C=O) groups is 1. The fourth-order valence-corrected chi connectivity index (χ4v) is 2.15. The van der Waals surface area contributed by atoms with Crippen LogP contribution >= 0.6 is 0 Å². The van der Waals surface area contributed by atoms with E-state index in [4.69, 9.17) is 5.11 Å². The van der Waals surface area contributed by atoms with Crippen LogP contribution in [0.25, 0.3) is 0 Å². The number of nitrogens with zero attached hydrogens (tertiary/aromatic N) is 2. The quantitative estimate of drug-likeness (QED) is 0.774. The van der Waals surface area contributed by atoms with E-state index in [2.05, 4.69) is 5.10 Å². The summed E-state index contributed by atoms with van der Waals surface area (Å²) in [6, 6.07) is 0. The minimum Gasteiger partial charge on any atom is -0.481 e. The van der Waals surface area contributed by atoms with Crippen molar-refractivity contribution in [1.82, 2.24) is 9.78 Å². The van der Waals surface area contributed by atoms with Gasteiger partial charge in [0.25, 0.3) is 0 Å². The molecule has 1 N–H and O–H groups in total. The number of rotatable bonds is 2. The van der Waals surface area contributed by atoms with Crippen LogP contribution in [0, 0.1) is 0 Å². The fraction of sp³-hybridized carbons (Fsp3) is 0.600. The lowest BCUT2D eigenvalue weighted by molar-refractivity contribution is -0.139. The normalized spacial score (nSPS) is 20.5. The van der Waals surface area contributed by atoms with Crippen molar-refractivity contribution in [2.24, 2.45) is 0 Å². The van der Waals surface area contributed by atoms with Crippen LogP contribution in [0.5, 0.6) is 0 Å². The molecule has 1 atom stereocenters. The maximum Gasteiger partial charge on any atom is 0.311 e. The highest BCUT2D eigenvalue weighted by molar-refractivity contribution is 5.76. The van der Waals surface area contributed by atoms with Crippen LogP contribution in [0.4, 0.5) is 0 Å². The zero-order chi connectivity index (χ0) is 10.1. The number of carboxylic acids is 1. The average Bonchev–Trinajstić information content (AvgIpc) is 2.59. The third-order valence-corrected chi connectivity index (χ3v) is 2.86. The number of hydrogen-bond acceptors (Lipinski definition) is 2. The molecular formula is C10H14N2O2. The van der Waals surface area contributed by atoms with E-state index in [1.807, 2.05) is 11.6 Å². The Bertz CT molecular complexity index is 357. The van der Waals surface area contributed by atoms with E-state index in [0.29, 0.717) is 0 Å². The van der Waals surface area contributed by atoms with E-state index in [1.54, 1.807) is 6.20 Å². The van der Waals surface area contributed by atoms with E-state index in [1.165, 1.54) is 0 Å². The van der Waals surface area contributed by atoms with Gasteiger partial charge in [-0.15, -0.1) is 0 Å². The molecule has 0 radical (unpaired) electrons. The van der Waals surface area contributed by atoms with Crippen LogP contribution in [-0.4, -0.2) is 20.9 Å². The fourth-order valence-electron chi connectivity index (χ4n) is 2.15. The lowest BCUT2D eigenvalue weighted by Crippen LogP contribution is -2.18. The SMILES string of the molecule is CCn1ncc2c1CCCC2C(=O)O. The zero-order valence-electron chi connectivity index (χ0n) is 8.23. The molecule has 14 heavy (non-hydrogen) atoms. The molecular weight excluding hydrogens is 180 g/mol. The Morgan fingerprint density at radius 3 is 3.21 bits per heavy atom. The smallest absolute Gasteiger partial charge is 0.311 e. The first-order valence-electron chi connectivity index (χ1n) is 5.01. The lowest BCUT2D eigenvalue weighted by Gasteiger charge is -2.19. The third kappa shape index (κ3) is 1.31. The summed E-state index contributed by atoms with van der Waals surface area (Å²) < 4.78 is 1.91. The van der Waals surface area contributed by atoms with E-state index in [9.17, 15) is 4.79 Å². The molecule has 0 amide bonds. The van der Waals surface area contributed by atoms with Crippen LogP contribution in [0.3, 0.4) is 0 Å². The predicted octanol–water partition coefficient (Wildman–Crippen LogP) is 1.41. The number of aliphatic carboxylic acids is 1. The molecule has 1 unspecified atom stereocenters. The van der Waals surface area contributed by atoms with Gasteiger partial charge in [-0.3, -0.25) is 9.48 Å². The molecule has 4 heteroatoms. The van der Waals surface area contributed by atoms with Crippen molar-refractivity contribution in [3.8, 4) is 0 Å². The molecule has 1 aromatic rings. The summed E-state index contributed by atoms with van der Waals surface area (Å²) in [5.74, 6) is -1.05. The standard InChI is InChI=1S/C10H14N2O2/c1-2-12-9-5-3-4-7(10(13)14)8(9)6-11-12/h6-7H,2-5H2,1H3,(H,13,14). The molecule has 4 nitrogen and oxygen atoms in total. The molecule has 0 saturated heterocycles. The van der Waals surface area contributed by atoms with Gasteiger partial charge in [0.2, 0.25) is 0 Å². The second-order valence-electron chi connectivity index (χ2n) is 3.65. The topological polar surface area (TPSA) is 55.1 Å². The Labute approximate surface area is 82.5 Å². The maximum atomic E-state index is 11.0. The zero-order valence-corrected chi connectivity index (χ0v) is 8.23. The van der Waals surface area contributed by atoms with E-state index in [0.717, 1.165) is 37.1 Å². The first-order valence-corrected chi connectivity index (χ1v) is 5.01. The molecule has 1 heterocycles. The van der Waals surface area contributed by atoms with E-state index >= 15 is 0 Å². The monoisotopic (exact) mass is 194 g/mol. The molecule has 0 spiro atoms. The predicted molar refractivity (Wildman–Crippen MR) is 51.2 cm³/mol. The van der Waals surface area contributed by atoms with Gasteiger partial charge < -0.3 is 5.11 Å². The van der Waals surface area contributed by atoms with Crippen LogP contribution in [0.1, 0.15) is 36.9 Å². The van der Waals surface area contributed by atoms with E-state index in [-0.39, 0.29) is 5.92 Å². The van der Waals surface area contributed by atoms with Crippen LogP contribution in [0.15, 0.2) is 6.20 Å². The van der Waals surface area contributed by atoms with Gasteiger partial charge in [-0.2, -0.15) is 5.10 Å². The summed E-state index contributed by atoms with van der Waals surface area (Å²) in [6.07, 6.45) is 4.39. The van der Waals surface area contributed by atoms with Crippen molar-refractivity contribution in [2.45, 2.75) is 38.6 Å². The van der Waals surface area contributed by atoms with Crippen molar-refractivity contribution in [1.29, 1.82) is 0 Å². The number of aryl methyl sites for hydroxylation is 1. The highest BCUT2D eigenvalue weighted by Crippen LogP contribution is 2.31. The Hall–Kier alpha value is -1.32. The number of fused-ring (bicyclic) bond motifs is 1. The summed E-state index contributed by atoms with van der Waals surface area (Å²) >= 11 is 0. The van der Waals surface area contributed by atoms with Gasteiger partial charge in [0.15, 0.2) is 0 Å². The van der Waals surface area contributed by atoms with Crippen molar-refractivity contribution in [3.05, 3.63) is 17.5 Å². The Morgan fingerprint density at radius 1 is 1.79 bits per heavy atom. The lowest BCUT2D eigenvalue weighted by atomic mass is 9.87. The summed E-state index contributed by atoms with van der Waals surface area (Å²) in [5.41, 5.74) is 2.04. The minimum absolute atomic E-state index is 0.334. The van der Waals surface area contributed by atoms with Gasteiger partial charge in [-0.1, -0.05) is 0 Å². The van der Waals surface area contributed by atoms with Crippen LogP contribution in [-0.2, 0) is 17.8 Å². The van der Waals surface area contributed by atoms with Crippen molar-refractivity contribution in [2.75, 3.05) is 0 Å². The molecule has 0 aromatic carbocycles. The molecule has 1 aliphatic rings. The molecule has 76 valence electrons. The van der Waals surface area contributed by atoms with Gasteiger partial charge in [0, 0.05) is 17.8 Å². The molecule has 0 fully saturated rings. The third-order valence-electron chi connectivity index (χ3n) is 2.86. The number of aromatic nitrogens is 2. The van der Waals surface area contributed by atoms with Gasteiger partial charge >= 0.3 is 5.97 Å². The highest BCUT2D eigenvalue weighted by atomic mass is 16.4. The van der Waals surface area contributed by atoms with Crippen molar-refractivity contribution in [3.63, 3.8) is 0 Å². The molecule has 0 aliphatic heterocycles. The Morgan fingerprint density at radius 2 is 2.57 bits per heavy atom. The summed E-state index contributed by atoms with van der Waals surface area (Å²) in [4.78, 5) is 11.0.